The Kier molecular flexibility index (Phi) is 5.54. The van der Waals surface area contributed by atoms with E-state index in [1.807, 2.05) is 12.1 Å². The number of rotatable bonds is 8. The fourth-order valence-corrected chi connectivity index (χ4v) is 3.11. The van der Waals surface area contributed by atoms with Crippen LogP contribution in [0.5, 0.6) is 0 Å². The molecule has 0 heterocycles. The van der Waals surface area contributed by atoms with Gasteiger partial charge in [-0.15, -0.1) is 0 Å². The molecule has 2 aromatic rings. The van der Waals surface area contributed by atoms with E-state index in [4.69, 9.17) is 0 Å². The largest absolute Gasteiger partial charge is 0.392 e. The van der Waals surface area contributed by atoms with Crippen molar-refractivity contribution >= 4 is 5.69 Å². The minimum Gasteiger partial charge on any atom is -0.392 e. The molecule has 0 spiro atoms. The van der Waals surface area contributed by atoms with Crippen molar-refractivity contribution in [3.63, 3.8) is 0 Å². The van der Waals surface area contributed by atoms with Gasteiger partial charge in [0.2, 0.25) is 0 Å². The number of likely N-dealkylation sites (N-methyl/N-ethyl adjacent to an activating group) is 1. The van der Waals surface area contributed by atoms with E-state index in [1.165, 1.54) is 24.0 Å². The van der Waals surface area contributed by atoms with E-state index in [1.54, 1.807) is 0 Å². The number of nitrogens with one attached hydrogen (secondary N) is 1. The molecule has 3 nitrogen and oxygen atoms in total. The van der Waals surface area contributed by atoms with Gasteiger partial charge >= 0.3 is 0 Å². The highest BCUT2D eigenvalue weighted by molar-refractivity contribution is 5.48. The van der Waals surface area contributed by atoms with Crippen molar-refractivity contribution in [2.75, 3.05) is 18.9 Å². The van der Waals surface area contributed by atoms with Crippen LogP contribution in [0, 0.1) is 0 Å². The monoisotopic (exact) mass is 324 g/mol. The third kappa shape index (κ3) is 4.59. The molecule has 3 rings (SSSR count). The third-order valence-electron chi connectivity index (χ3n) is 4.87. The molecule has 1 aliphatic rings. The second-order valence-corrected chi connectivity index (χ2v) is 6.93. The summed E-state index contributed by atoms with van der Waals surface area (Å²) in [4.78, 5) is 2.48. The standard InChI is InChI=1S/C21H28N2O/c1-16(19-7-3-6-18(13-19)15-24)22-20-8-4-5-17(14-20)11-12-23(2)21-9-10-21/h3-8,13-14,16,21-22,24H,9-12,15H2,1-2H3. The average molecular weight is 324 g/mol. The van der Waals surface area contributed by atoms with Crippen molar-refractivity contribution in [2.24, 2.45) is 0 Å². The number of nitrogens with zero attached hydrogens (tertiary/aromatic N) is 1. The van der Waals surface area contributed by atoms with Crippen molar-refractivity contribution in [2.45, 2.75) is 44.9 Å². The van der Waals surface area contributed by atoms with Crippen LogP contribution < -0.4 is 5.32 Å². The Morgan fingerprint density at radius 2 is 1.88 bits per heavy atom. The van der Waals surface area contributed by atoms with Gasteiger partial charge in [0.1, 0.15) is 0 Å². The van der Waals surface area contributed by atoms with Crippen LogP contribution >= 0.6 is 0 Å². The minimum absolute atomic E-state index is 0.0879. The van der Waals surface area contributed by atoms with E-state index in [-0.39, 0.29) is 12.6 Å². The van der Waals surface area contributed by atoms with E-state index in [0.29, 0.717) is 0 Å². The summed E-state index contributed by atoms with van der Waals surface area (Å²) >= 11 is 0. The van der Waals surface area contributed by atoms with Crippen LogP contribution in [0.4, 0.5) is 5.69 Å². The molecule has 0 bridgehead atoms. The number of aliphatic hydroxyl groups is 1. The molecular formula is C21H28N2O. The zero-order valence-corrected chi connectivity index (χ0v) is 14.7. The summed E-state index contributed by atoms with van der Waals surface area (Å²) in [7, 11) is 2.23. The molecule has 128 valence electrons. The normalized spacial score (nSPS) is 15.5. The minimum atomic E-state index is 0.0879. The summed E-state index contributed by atoms with van der Waals surface area (Å²) in [6.45, 7) is 3.37. The lowest BCUT2D eigenvalue weighted by Gasteiger charge is -2.18. The molecule has 3 heteroatoms. The summed E-state index contributed by atoms with van der Waals surface area (Å²) in [5, 5.41) is 12.9. The molecule has 0 saturated heterocycles. The Morgan fingerprint density at radius 1 is 1.12 bits per heavy atom. The SMILES string of the molecule is CC(Nc1cccc(CCN(C)C2CC2)c1)c1cccc(CO)c1. The first-order valence-electron chi connectivity index (χ1n) is 8.91. The van der Waals surface area contributed by atoms with E-state index >= 15 is 0 Å². The number of anilines is 1. The first kappa shape index (κ1) is 17.0. The summed E-state index contributed by atoms with van der Waals surface area (Å²) in [5.74, 6) is 0. The van der Waals surface area contributed by atoms with Crippen LogP contribution in [0.25, 0.3) is 0 Å². The van der Waals surface area contributed by atoms with Crippen LogP contribution in [0.1, 0.15) is 42.5 Å². The molecule has 1 unspecified atom stereocenters. The lowest BCUT2D eigenvalue weighted by atomic mass is 10.0. The molecule has 0 aromatic heterocycles. The topological polar surface area (TPSA) is 35.5 Å². The Hall–Kier alpha value is -1.84. The van der Waals surface area contributed by atoms with Gasteiger partial charge in [0.05, 0.1) is 6.61 Å². The number of benzene rings is 2. The highest BCUT2D eigenvalue weighted by Crippen LogP contribution is 2.26. The van der Waals surface area contributed by atoms with Gasteiger partial charge in [-0.3, -0.25) is 0 Å². The molecule has 24 heavy (non-hydrogen) atoms. The maximum atomic E-state index is 9.29. The fourth-order valence-electron chi connectivity index (χ4n) is 3.11. The Morgan fingerprint density at radius 3 is 2.62 bits per heavy atom. The first-order valence-corrected chi connectivity index (χ1v) is 8.91. The molecule has 2 aromatic carbocycles. The molecule has 1 aliphatic carbocycles. The van der Waals surface area contributed by atoms with Gasteiger partial charge in [0.15, 0.2) is 0 Å². The van der Waals surface area contributed by atoms with Crippen molar-refractivity contribution < 1.29 is 5.11 Å². The molecular weight excluding hydrogens is 296 g/mol. The van der Waals surface area contributed by atoms with Gasteiger partial charge in [0, 0.05) is 24.3 Å². The summed E-state index contributed by atoms with van der Waals surface area (Å²) in [5.41, 5.74) is 4.69. The van der Waals surface area contributed by atoms with Crippen molar-refractivity contribution in [1.29, 1.82) is 0 Å². The molecule has 1 atom stereocenters. The maximum absolute atomic E-state index is 9.29. The lowest BCUT2D eigenvalue weighted by molar-refractivity contribution is 0.281. The number of aliphatic hydroxyl groups excluding tert-OH is 1. The van der Waals surface area contributed by atoms with Gasteiger partial charge < -0.3 is 15.3 Å². The molecule has 0 aliphatic heterocycles. The zero-order chi connectivity index (χ0) is 16.9. The van der Waals surface area contributed by atoms with Gasteiger partial charge in [-0.1, -0.05) is 36.4 Å². The lowest BCUT2D eigenvalue weighted by Crippen LogP contribution is -2.23. The molecule has 0 amide bonds. The van der Waals surface area contributed by atoms with Crippen molar-refractivity contribution in [1.82, 2.24) is 4.90 Å². The molecule has 0 radical (unpaired) electrons. The zero-order valence-electron chi connectivity index (χ0n) is 14.7. The van der Waals surface area contributed by atoms with Crippen LogP contribution in [0.2, 0.25) is 0 Å². The molecule has 1 saturated carbocycles. The third-order valence-corrected chi connectivity index (χ3v) is 4.87. The van der Waals surface area contributed by atoms with Crippen LogP contribution in [-0.2, 0) is 13.0 Å². The predicted molar refractivity (Wildman–Crippen MR) is 100 cm³/mol. The van der Waals surface area contributed by atoms with Crippen molar-refractivity contribution in [3.05, 3.63) is 65.2 Å². The number of hydrogen-bond donors (Lipinski definition) is 2. The fraction of sp³-hybridized carbons (Fsp3) is 0.429. The van der Waals surface area contributed by atoms with E-state index in [0.717, 1.165) is 30.3 Å². The van der Waals surface area contributed by atoms with Crippen LogP contribution in [0.15, 0.2) is 48.5 Å². The first-order chi connectivity index (χ1) is 11.7. The van der Waals surface area contributed by atoms with Crippen molar-refractivity contribution in [3.8, 4) is 0 Å². The maximum Gasteiger partial charge on any atom is 0.0681 e. The van der Waals surface area contributed by atoms with Gasteiger partial charge in [-0.2, -0.15) is 0 Å². The highest BCUT2D eigenvalue weighted by atomic mass is 16.3. The quantitative estimate of drug-likeness (QED) is 0.771. The second kappa shape index (κ2) is 7.82. The van der Waals surface area contributed by atoms with Gasteiger partial charge in [-0.25, -0.2) is 0 Å². The van der Waals surface area contributed by atoms with Crippen LogP contribution in [0.3, 0.4) is 0 Å². The second-order valence-electron chi connectivity index (χ2n) is 6.93. The predicted octanol–water partition coefficient (Wildman–Crippen LogP) is 3.99. The average Bonchev–Trinajstić information content (AvgIpc) is 3.45. The summed E-state index contributed by atoms with van der Waals surface area (Å²) in [6.07, 6.45) is 3.82. The molecule has 2 N–H and O–H groups in total. The van der Waals surface area contributed by atoms with E-state index in [2.05, 4.69) is 60.6 Å². The highest BCUT2D eigenvalue weighted by Gasteiger charge is 2.25. The summed E-state index contributed by atoms with van der Waals surface area (Å²) in [6, 6.07) is 17.9. The molecule has 1 fully saturated rings. The smallest absolute Gasteiger partial charge is 0.0681 e. The van der Waals surface area contributed by atoms with E-state index in [9.17, 15) is 5.11 Å². The number of hydrogen-bond acceptors (Lipinski definition) is 3. The summed E-state index contributed by atoms with van der Waals surface area (Å²) < 4.78 is 0. The van der Waals surface area contributed by atoms with Gasteiger partial charge in [-0.05, 0) is 62.1 Å². The Bertz CT molecular complexity index is 666. The van der Waals surface area contributed by atoms with Crippen LogP contribution in [-0.4, -0.2) is 29.6 Å². The van der Waals surface area contributed by atoms with Gasteiger partial charge in [0.25, 0.3) is 0 Å². The Labute approximate surface area is 145 Å². The van der Waals surface area contributed by atoms with E-state index < -0.39 is 0 Å². The Balaban J connectivity index is 1.60.